The maximum absolute atomic E-state index is 11.6. The highest BCUT2D eigenvalue weighted by Crippen LogP contribution is 2.27. The van der Waals surface area contributed by atoms with E-state index in [0.29, 0.717) is 0 Å². The molecule has 1 N–H and O–H groups in total. The fraction of sp³-hybridized carbons (Fsp3) is 0.0952. The van der Waals surface area contributed by atoms with Gasteiger partial charge in [0, 0.05) is 4.88 Å². The highest BCUT2D eigenvalue weighted by atomic mass is 32.1. The predicted octanol–water partition coefficient (Wildman–Crippen LogP) is 4.69. The first-order valence-corrected chi connectivity index (χ1v) is 8.71. The highest BCUT2D eigenvalue weighted by molar-refractivity contribution is 7.16. The van der Waals surface area contributed by atoms with E-state index in [0.717, 1.165) is 10.4 Å². The molecule has 3 aromatic rings. The molecule has 1 heterocycles. The van der Waals surface area contributed by atoms with Gasteiger partial charge >= 0.3 is 6.09 Å². The predicted molar refractivity (Wildman–Crippen MR) is 101 cm³/mol. The summed E-state index contributed by atoms with van der Waals surface area (Å²) in [6, 6.07) is 23.8. The normalized spacial score (nSPS) is 9.76. The van der Waals surface area contributed by atoms with Gasteiger partial charge in [-0.2, -0.15) is 0 Å². The van der Waals surface area contributed by atoms with Gasteiger partial charge in [-0.3, -0.25) is 0 Å². The molecule has 0 fully saturated rings. The van der Waals surface area contributed by atoms with E-state index in [-0.39, 0.29) is 13.2 Å². The standard InChI is InChI=1S/C21H17NO2S/c23-21(24-16-17-8-3-1-4-9-17)22-15-7-12-19-13-14-20(25-19)18-10-5-2-6-11-18/h1-6,8-11,13-14H,15-16H2,(H,22,23). The molecule has 0 saturated carbocycles. The van der Waals surface area contributed by atoms with Crippen LogP contribution in [-0.4, -0.2) is 12.6 Å². The summed E-state index contributed by atoms with van der Waals surface area (Å²) in [6.07, 6.45) is -0.464. The molecule has 0 radical (unpaired) electrons. The lowest BCUT2D eigenvalue weighted by Gasteiger charge is -2.04. The van der Waals surface area contributed by atoms with Gasteiger partial charge in [-0.1, -0.05) is 72.5 Å². The van der Waals surface area contributed by atoms with E-state index < -0.39 is 6.09 Å². The Balaban J connectivity index is 1.45. The highest BCUT2D eigenvalue weighted by Gasteiger charge is 2.01. The maximum Gasteiger partial charge on any atom is 0.408 e. The zero-order valence-corrected chi connectivity index (χ0v) is 14.4. The van der Waals surface area contributed by atoms with Crippen LogP contribution in [0.5, 0.6) is 0 Å². The van der Waals surface area contributed by atoms with Crippen molar-refractivity contribution in [1.29, 1.82) is 0 Å². The number of rotatable bonds is 4. The third-order valence-electron chi connectivity index (χ3n) is 3.41. The number of alkyl carbamates (subject to hydrolysis) is 1. The van der Waals surface area contributed by atoms with E-state index in [1.54, 1.807) is 11.3 Å². The largest absolute Gasteiger partial charge is 0.445 e. The van der Waals surface area contributed by atoms with Crippen molar-refractivity contribution in [1.82, 2.24) is 5.32 Å². The van der Waals surface area contributed by atoms with Crippen molar-refractivity contribution in [2.45, 2.75) is 6.61 Å². The van der Waals surface area contributed by atoms with Crippen LogP contribution in [0.25, 0.3) is 10.4 Å². The molecule has 1 aromatic heterocycles. The minimum absolute atomic E-state index is 0.255. The Morgan fingerprint density at radius 2 is 1.68 bits per heavy atom. The van der Waals surface area contributed by atoms with Gasteiger partial charge in [0.2, 0.25) is 0 Å². The fourth-order valence-electron chi connectivity index (χ4n) is 2.18. The molecule has 0 aliphatic heterocycles. The molecule has 0 aliphatic carbocycles. The Hall–Kier alpha value is -3.03. The average Bonchev–Trinajstić information content (AvgIpc) is 3.14. The van der Waals surface area contributed by atoms with E-state index in [9.17, 15) is 4.79 Å². The lowest BCUT2D eigenvalue weighted by atomic mass is 10.2. The number of amides is 1. The number of ether oxygens (including phenoxy) is 1. The number of carbonyl (C=O) groups excluding carboxylic acids is 1. The van der Waals surface area contributed by atoms with Crippen LogP contribution in [0.4, 0.5) is 4.79 Å². The Labute approximate surface area is 151 Å². The average molecular weight is 347 g/mol. The quantitative estimate of drug-likeness (QED) is 0.695. The molecule has 124 valence electrons. The van der Waals surface area contributed by atoms with Crippen molar-refractivity contribution >= 4 is 17.4 Å². The van der Waals surface area contributed by atoms with Gasteiger partial charge in [-0.15, -0.1) is 11.3 Å². The summed E-state index contributed by atoms with van der Waals surface area (Å²) in [6.45, 7) is 0.512. The van der Waals surface area contributed by atoms with Gasteiger partial charge < -0.3 is 10.1 Å². The van der Waals surface area contributed by atoms with Gasteiger partial charge in [0.1, 0.15) is 6.61 Å². The molecule has 0 unspecified atom stereocenters. The summed E-state index contributed by atoms with van der Waals surface area (Å²) >= 11 is 1.63. The molecular weight excluding hydrogens is 330 g/mol. The topological polar surface area (TPSA) is 38.3 Å². The molecule has 3 nitrogen and oxygen atoms in total. The summed E-state index contributed by atoms with van der Waals surface area (Å²) in [5.41, 5.74) is 2.14. The molecule has 0 aliphatic rings. The van der Waals surface area contributed by atoms with Gasteiger partial charge in [-0.25, -0.2) is 4.79 Å². The third-order valence-corrected chi connectivity index (χ3v) is 4.46. The summed E-state index contributed by atoms with van der Waals surface area (Å²) in [5, 5.41) is 2.63. The van der Waals surface area contributed by atoms with E-state index in [4.69, 9.17) is 4.74 Å². The SMILES string of the molecule is O=C(NCC#Cc1ccc(-c2ccccc2)s1)OCc1ccccc1. The van der Waals surface area contributed by atoms with Crippen molar-refractivity contribution in [3.63, 3.8) is 0 Å². The molecule has 25 heavy (non-hydrogen) atoms. The van der Waals surface area contributed by atoms with Crippen molar-refractivity contribution in [3.05, 3.63) is 83.2 Å². The summed E-state index contributed by atoms with van der Waals surface area (Å²) in [5.74, 6) is 6.01. The van der Waals surface area contributed by atoms with Gasteiger partial charge in [0.15, 0.2) is 0 Å². The fourth-order valence-corrected chi connectivity index (χ4v) is 3.07. The van der Waals surface area contributed by atoms with Crippen LogP contribution in [0.3, 0.4) is 0 Å². The van der Waals surface area contributed by atoms with Gasteiger partial charge in [-0.05, 0) is 23.3 Å². The van der Waals surface area contributed by atoms with Crippen LogP contribution in [0.15, 0.2) is 72.8 Å². The molecule has 0 saturated heterocycles. The van der Waals surface area contributed by atoms with E-state index in [1.165, 1.54) is 10.4 Å². The lowest BCUT2D eigenvalue weighted by molar-refractivity contribution is 0.141. The number of hydrogen-bond donors (Lipinski definition) is 1. The second kappa shape index (κ2) is 8.72. The molecule has 3 rings (SSSR count). The van der Waals surface area contributed by atoms with E-state index in [1.807, 2.05) is 54.6 Å². The van der Waals surface area contributed by atoms with Crippen molar-refractivity contribution < 1.29 is 9.53 Å². The van der Waals surface area contributed by atoms with E-state index >= 15 is 0 Å². The Kier molecular flexibility index (Phi) is 5.86. The van der Waals surface area contributed by atoms with Crippen molar-refractivity contribution in [2.75, 3.05) is 6.54 Å². The molecule has 0 atom stereocenters. The number of thiophene rings is 1. The first kappa shape index (κ1) is 16.8. The minimum Gasteiger partial charge on any atom is -0.445 e. The Morgan fingerprint density at radius 1 is 0.960 bits per heavy atom. The zero-order chi connectivity index (χ0) is 17.3. The van der Waals surface area contributed by atoms with Crippen LogP contribution in [-0.2, 0) is 11.3 Å². The smallest absolute Gasteiger partial charge is 0.408 e. The molecule has 1 amide bonds. The Bertz CT molecular complexity index is 876. The lowest BCUT2D eigenvalue weighted by Crippen LogP contribution is -2.24. The summed E-state index contributed by atoms with van der Waals surface area (Å²) in [7, 11) is 0. The van der Waals surface area contributed by atoms with Crippen LogP contribution in [0.2, 0.25) is 0 Å². The van der Waals surface area contributed by atoms with Crippen molar-refractivity contribution in [3.8, 4) is 22.3 Å². The summed E-state index contributed by atoms with van der Waals surface area (Å²) < 4.78 is 5.13. The molecular formula is C21H17NO2S. The van der Waals surface area contributed by atoms with Gasteiger partial charge in [0.25, 0.3) is 0 Å². The van der Waals surface area contributed by atoms with Crippen LogP contribution < -0.4 is 5.32 Å². The van der Waals surface area contributed by atoms with Crippen LogP contribution in [0, 0.1) is 11.8 Å². The first-order valence-electron chi connectivity index (χ1n) is 7.90. The third kappa shape index (κ3) is 5.23. The molecule has 4 heteroatoms. The second-order valence-corrected chi connectivity index (χ2v) is 6.33. The summed E-state index contributed by atoms with van der Waals surface area (Å²) in [4.78, 5) is 13.8. The number of nitrogens with one attached hydrogen (secondary N) is 1. The number of benzene rings is 2. The minimum atomic E-state index is -0.464. The van der Waals surface area contributed by atoms with Crippen molar-refractivity contribution in [2.24, 2.45) is 0 Å². The van der Waals surface area contributed by atoms with E-state index in [2.05, 4.69) is 35.4 Å². The molecule has 2 aromatic carbocycles. The second-order valence-electron chi connectivity index (χ2n) is 5.25. The van der Waals surface area contributed by atoms with Gasteiger partial charge in [0.05, 0.1) is 11.4 Å². The first-order chi connectivity index (χ1) is 12.3. The zero-order valence-electron chi connectivity index (χ0n) is 13.6. The molecule has 0 bridgehead atoms. The monoisotopic (exact) mass is 347 g/mol. The van der Waals surface area contributed by atoms with Crippen LogP contribution >= 0.6 is 11.3 Å². The Morgan fingerprint density at radius 3 is 2.44 bits per heavy atom. The maximum atomic E-state index is 11.6. The van der Waals surface area contributed by atoms with Crippen LogP contribution in [0.1, 0.15) is 10.4 Å². The number of carbonyl (C=O) groups is 1. The molecule has 0 spiro atoms. The number of hydrogen-bond acceptors (Lipinski definition) is 3.